The number of halogens is 1. The molecule has 1 heteroatoms. The Balaban J connectivity index is 1.17. The number of alkyl halides is 1. The number of hydrogen-bond donors (Lipinski definition) is 0. The lowest BCUT2D eigenvalue weighted by Crippen LogP contribution is -2.29. The highest BCUT2D eigenvalue weighted by Crippen LogP contribution is 2.47. The molecule has 0 atom stereocenters. The first-order valence-electron chi connectivity index (χ1n) is 12.9. The lowest BCUT2D eigenvalue weighted by Gasteiger charge is -2.41. The molecule has 0 radical (unpaired) electrons. The van der Waals surface area contributed by atoms with E-state index >= 15 is 0 Å². The first-order valence-corrected chi connectivity index (χ1v) is 12.9. The van der Waals surface area contributed by atoms with Gasteiger partial charge in [0.05, 0.1) is 6.67 Å². The molecule has 1 aromatic carbocycles. The van der Waals surface area contributed by atoms with Crippen LogP contribution in [-0.4, -0.2) is 6.67 Å². The molecule has 3 fully saturated rings. The van der Waals surface area contributed by atoms with Crippen LogP contribution in [0.25, 0.3) is 0 Å². The maximum atomic E-state index is 12.4. The highest BCUT2D eigenvalue weighted by molar-refractivity contribution is 5.24. The van der Waals surface area contributed by atoms with Gasteiger partial charge >= 0.3 is 0 Å². The minimum atomic E-state index is -0.114. The summed E-state index contributed by atoms with van der Waals surface area (Å²) in [5.41, 5.74) is 2.97. The van der Waals surface area contributed by atoms with Crippen LogP contribution in [0, 0.1) is 36.5 Å². The van der Waals surface area contributed by atoms with E-state index in [9.17, 15) is 4.39 Å². The van der Waals surface area contributed by atoms with Crippen LogP contribution in [0.2, 0.25) is 0 Å². The monoisotopic (exact) mass is 398 g/mol. The van der Waals surface area contributed by atoms with Crippen LogP contribution in [0.15, 0.2) is 24.3 Å². The molecule has 3 aliphatic carbocycles. The van der Waals surface area contributed by atoms with E-state index < -0.39 is 0 Å². The Morgan fingerprint density at radius 3 is 1.59 bits per heavy atom. The minimum absolute atomic E-state index is 0.114. The van der Waals surface area contributed by atoms with E-state index in [1.54, 1.807) is 5.56 Å². The molecule has 162 valence electrons. The first kappa shape index (κ1) is 21.4. The van der Waals surface area contributed by atoms with Crippen molar-refractivity contribution < 1.29 is 4.39 Å². The number of aryl methyl sites for hydroxylation is 1. The number of benzene rings is 1. The second-order valence-corrected chi connectivity index (χ2v) is 10.8. The fourth-order valence-electron chi connectivity index (χ4n) is 7.16. The zero-order valence-corrected chi connectivity index (χ0v) is 18.8. The van der Waals surface area contributed by atoms with Crippen LogP contribution in [0.3, 0.4) is 0 Å². The molecule has 4 rings (SSSR count). The van der Waals surface area contributed by atoms with Crippen molar-refractivity contribution >= 4 is 0 Å². The van der Waals surface area contributed by atoms with Crippen molar-refractivity contribution in [1.82, 2.24) is 0 Å². The maximum absolute atomic E-state index is 12.4. The summed E-state index contributed by atoms with van der Waals surface area (Å²) in [6, 6.07) is 9.32. The lowest BCUT2D eigenvalue weighted by molar-refractivity contribution is 0.108. The zero-order chi connectivity index (χ0) is 20.1. The number of rotatable bonds is 6. The second kappa shape index (κ2) is 10.5. The van der Waals surface area contributed by atoms with Gasteiger partial charge in [-0.25, -0.2) is 0 Å². The van der Waals surface area contributed by atoms with E-state index in [-0.39, 0.29) is 6.67 Å². The molecule has 0 bridgehead atoms. The summed E-state index contributed by atoms with van der Waals surface area (Å²) < 4.78 is 12.4. The summed E-state index contributed by atoms with van der Waals surface area (Å²) in [5, 5.41) is 0. The summed E-state index contributed by atoms with van der Waals surface area (Å²) in [6.07, 6.45) is 19.4. The highest BCUT2D eigenvalue weighted by atomic mass is 19.1. The van der Waals surface area contributed by atoms with Crippen LogP contribution in [0.1, 0.15) is 107 Å². The van der Waals surface area contributed by atoms with Crippen LogP contribution < -0.4 is 0 Å². The smallest absolute Gasteiger partial charge is 0.0894 e. The van der Waals surface area contributed by atoms with Crippen molar-refractivity contribution in [3.05, 3.63) is 35.4 Å². The van der Waals surface area contributed by atoms with Crippen molar-refractivity contribution in [2.75, 3.05) is 6.67 Å². The highest BCUT2D eigenvalue weighted by Gasteiger charge is 2.34. The molecule has 0 aliphatic heterocycles. The van der Waals surface area contributed by atoms with Crippen molar-refractivity contribution in [2.45, 2.75) is 103 Å². The van der Waals surface area contributed by atoms with E-state index in [0.717, 1.165) is 48.3 Å². The van der Waals surface area contributed by atoms with E-state index in [4.69, 9.17) is 0 Å². The Hall–Kier alpha value is -0.850. The van der Waals surface area contributed by atoms with Gasteiger partial charge in [0, 0.05) is 0 Å². The van der Waals surface area contributed by atoms with Gasteiger partial charge in [0.25, 0.3) is 0 Å². The van der Waals surface area contributed by atoms with Gasteiger partial charge in [-0.05, 0) is 125 Å². The second-order valence-electron chi connectivity index (χ2n) is 10.8. The van der Waals surface area contributed by atoms with E-state index in [1.807, 2.05) is 0 Å². The third-order valence-corrected chi connectivity index (χ3v) is 9.11. The average molecular weight is 399 g/mol. The fourth-order valence-corrected chi connectivity index (χ4v) is 7.16. The molecule has 0 nitrogen and oxygen atoms in total. The van der Waals surface area contributed by atoms with Gasteiger partial charge in [0.15, 0.2) is 0 Å². The number of hydrogen-bond acceptors (Lipinski definition) is 0. The molecule has 0 saturated heterocycles. The van der Waals surface area contributed by atoms with E-state index in [2.05, 4.69) is 31.2 Å². The summed E-state index contributed by atoms with van der Waals surface area (Å²) in [6.45, 7) is 2.08. The zero-order valence-electron chi connectivity index (χ0n) is 18.8. The van der Waals surface area contributed by atoms with Gasteiger partial charge in [-0.2, -0.15) is 0 Å². The van der Waals surface area contributed by atoms with Gasteiger partial charge in [0.1, 0.15) is 0 Å². The lowest BCUT2D eigenvalue weighted by atomic mass is 9.64. The summed E-state index contributed by atoms with van der Waals surface area (Å²) in [4.78, 5) is 0. The predicted octanol–water partition coefficient (Wildman–Crippen LogP) is 8.63. The molecule has 0 N–H and O–H groups in total. The fraction of sp³-hybridized carbons (Fsp3) is 0.786. The van der Waals surface area contributed by atoms with Crippen molar-refractivity contribution in [3.63, 3.8) is 0 Å². The standard InChI is InChI=1S/C28H43F/c1-21-4-8-23(9-5-21)25-12-16-27(17-13-25)28-18-14-26(15-19-28)24-10-6-22(7-11-24)3-2-20-29/h4-5,8-9,22,24-28H,2-3,6-7,10-20H2,1H3. The van der Waals surface area contributed by atoms with Crippen LogP contribution in [0.4, 0.5) is 4.39 Å². The molecule has 0 amide bonds. The van der Waals surface area contributed by atoms with Gasteiger partial charge < -0.3 is 0 Å². The molecule has 0 aromatic heterocycles. The summed E-state index contributed by atoms with van der Waals surface area (Å²) in [7, 11) is 0. The van der Waals surface area contributed by atoms with Crippen LogP contribution in [0.5, 0.6) is 0 Å². The summed E-state index contributed by atoms with van der Waals surface area (Å²) in [5.74, 6) is 5.69. The Morgan fingerprint density at radius 1 is 0.655 bits per heavy atom. The van der Waals surface area contributed by atoms with E-state index in [1.165, 1.54) is 82.6 Å². The van der Waals surface area contributed by atoms with Gasteiger partial charge in [-0.1, -0.05) is 42.7 Å². The molecule has 29 heavy (non-hydrogen) atoms. The summed E-state index contributed by atoms with van der Waals surface area (Å²) >= 11 is 0. The third kappa shape index (κ3) is 5.65. The molecule has 1 aromatic rings. The molecule has 0 unspecified atom stereocenters. The third-order valence-electron chi connectivity index (χ3n) is 9.11. The van der Waals surface area contributed by atoms with Gasteiger partial charge in [-0.15, -0.1) is 0 Å². The van der Waals surface area contributed by atoms with Crippen LogP contribution >= 0.6 is 0 Å². The normalized spacial score (nSPS) is 36.1. The first-order chi connectivity index (χ1) is 14.2. The molecule has 3 aliphatic rings. The molecule has 0 spiro atoms. The maximum Gasteiger partial charge on any atom is 0.0894 e. The average Bonchev–Trinajstić information content (AvgIpc) is 2.79. The Labute approximate surface area is 179 Å². The van der Waals surface area contributed by atoms with Crippen molar-refractivity contribution in [1.29, 1.82) is 0 Å². The molecule has 3 saturated carbocycles. The van der Waals surface area contributed by atoms with Crippen molar-refractivity contribution in [3.8, 4) is 0 Å². The van der Waals surface area contributed by atoms with Gasteiger partial charge in [-0.3, -0.25) is 4.39 Å². The Morgan fingerprint density at radius 2 is 1.10 bits per heavy atom. The topological polar surface area (TPSA) is 0 Å². The Bertz CT molecular complexity index is 581. The molecular weight excluding hydrogens is 355 g/mol. The largest absolute Gasteiger partial charge is 0.251 e. The van der Waals surface area contributed by atoms with Crippen LogP contribution in [-0.2, 0) is 0 Å². The molecular formula is C28H43F. The van der Waals surface area contributed by atoms with E-state index in [0.29, 0.717) is 0 Å². The van der Waals surface area contributed by atoms with Gasteiger partial charge in [0.2, 0.25) is 0 Å². The SMILES string of the molecule is Cc1ccc(C2CCC(C3CCC(C4CCC(CCCF)CC4)CC3)CC2)cc1. The predicted molar refractivity (Wildman–Crippen MR) is 122 cm³/mol. The Kier molecular flexibility index (Phi) is 7.71. The molecule has 0 heterocycles. The quantitative estimate of drug-likeness (QED) is 0.450. The van der Waals surface area contributed by atoms with Crippen molar-refractivity contribution in [2.24, 2.45) is 29.6 Å². The minimum Gasteiger partial charge on any atom is -0.251 e.